The number of aromatic hydroxyl groups is 1. The van der Waals surface area contributed by atoms with E-state index < -0.39 is 101 Å². The average molecular weight is 622 g/mol. The molecular formula is C27H26O17. The van der Waals surface area contributed by atoms with Gasteiger partial charge in [-0.3, -0.25) is 4.79 Å². The van der Waals surface area contributed by atoms with E-state index in [0.29, 0.717) is 5.56 Å². The Bertz CT molecular complexity index is 1610. The lowest BCUT2D eigenvalue weighted by atomic mass is 9.99. The minimum Gasteiger partial charge on any atom is -0.504 e. The van der Waals surface area contributed by atoms with Gasteiger partial charge in [0.2, 0.25) is 18.3 Å². The van der Waals surface area contributed by atoms with Crippen LogP contribution in [0.5, 0.6) is 17.2 Å². The quantitative estimate of drug-likeness (QED) is 0.134. The van der Waals surface area contributed by atoms with E-state index in [4.69, 9.17) is 23.4 Å². The standard InChI is InChI=1S/C27H26O17/c28-9-6-10(8-4-2-1-3-5-8)40-11-7-12(41-26-19(34)15(30)17(32)22(43-26)24(36)37)21(14(29)13(9)11)42-27-20(35)16(31)18(33)23(44-27)25(38)39/h1-7,15-20,22-23,26-27,29-35H,(H,36,37)(H,38,39). The Morgan fingerprint density at radius 1 is 0.705 bits per heavy atom. The van der Waals surface area contributed by atoms with Crippen LogP contribution in [0.1, 0.15) is 0 Å². The van der Waals surface area contributed by atoms with Crippen molar-refractivity contribution < 1.29 is 78.9 Å². The molecule has 2 aliphatic rings. The summed E-state index contributed by atoms with van der Waals surface area (Å²) in [5.74, 6) is -6.06. The molecule has 10 unspecified atom stereocenters. The molecule has 17 nitrogen and oxygen atoms in total. The lowest BCUT2D eigenvalue weighted by Crippen LogP contribution is -2.61. The Balaban J connectivity index is 1.63. The summed E-state index contributed by atoms with van der Waals surface area (Å²) in [7, 11) is 0. The minimum atomic E-state index is -2.13. The Kier molecular flexibility index (Phi) is 8.47. The van der Waals surface area contributed by atoms with Crippen LogP contribution in [0.3, 0.4) is 0 Å². The molecule has 0 spiro atoms. The molecule has 2 aliphatic heterocycles. The zero-order valence-corrected chi connectivity index (χ0v) is 22.1. The van der Waals surface area contributed by atoms with E-state index in [1.807, 2.05) is 0 Å². The molecule has 2 fully saturated rings. The van der Waals surface area contributed by atoms with Crippen molar-refractivity contribution in [1.29, 1.82) is 0 Å². The van der Waals surface area contributed by atoms with Crippen LogP contribution in [0.25, 0.3) is 22.3 Å². The maximum atomic E-state index is 13.2. The molecule has 2 aromatic carbocycles. The molecular weight excluding hydrogens is 596 g/mol. The highest BCUT2D eigenvalue weighted by Gasteiger charge is 2.50. The third-order valence-electron chi connectivity index (χ3n) is 7.07. The van der Waals surface area contributed by atoms with E-state index in [1.165, 1.54) is 0 Å². The maximum Gasteiger partial charge on any atom is 0.335 e. The number of benzene rings is 2. The minimum absolute atomic E-state index is 0.0352. The number of carboxylic acid groups (broad SMARTS) is 2. The predicted octanol–water partition coefficient (Wildman–Crippen LogP) is -2.29. The van der Waals surface area contributed by atoms with Crippen molar-refractivity contribution in [2.75, 3.05) is 0 Å². The van der Waals surface area contributed by atoms with E-state index in [1.54, 1.807) is 30.3 Å². The topological polar surface area (TPSA) is 283 Å². The van der Waals surface area contributed by atoms with Crippen LogP contribution < -0.4 is 14.9 Å². The maximum absolute atomic E-state index is 13.2. The summed E-state index contributed by atoms with van der Waals surface area (Å²) in [5.41, 5.74) is -0.713. The number of ether oxygens (including phenoxy) is 4. The summed E-state index contributed by atoms with van der Waals surface area (Å²) in [4.78, 5) is 36.3. The van der Waals surface area contributed by atoms with Crippen molar-refractivity contribution in [3.8, 4) is 28.6 Å². The fraction of sp³-hybridized carbons (Fsp3) is 0.370. The van der Waals surface area contributed by atoms with Gasteiger partial charge in [0.05, 0.1) is 0 Å². The first kappa shape index (κ1) is 31.1. The number of aliphatic carboxylic acids is 2. The lowest BCUT2D eigenvalue weighted by molar-refractivity contribution is -0.276. The largest absolute Gasteiger partial charge is 0.504 e. The molecule has 17 heteroatoms. The van der Waals surface area contributed by atoms with Crippen LogP contribution >= 0.6 is 0 Å². The average Bonchev–Trinajstić information content (AvgIpc) is 2.98. The zero-order chi connectivity index (χ0) is 32.0. The van der Waals surface area contributed by atoms with E-state index >= 15 is 0 Å². The van der Waals surface area contributed by atoms with Crippen molar-refractivity contribution >= 4 is 22.9 Å². The summed E-state index contributed by atoms with van der Waals surface area (Å²) in [6, 6.07) is 10.2. The fourth-order valence-corrected chi connectivity index (χ4v) is 4.75. The van der Waals surface area contributed by atoms with Crippen LogP contribution in [-0.2, 0) is 19.1 Å². The van der Waals surface area contributed by atoms with E-state index in [-0.39, 0.29) is 11.3 Å². The Morgan fingerprint density at radius 3 is 1.75 bits per heavy atom. The molecule has 10 atom stereocenters. The number of aliphatic hydroxyl groups excluding tert-OH is 6. The number of fused-ring (bicyclic) bond motifs is 1. The van der Waals surface area contributed by atoms with Crippen LogP contribution in [0, 0.1) is 0 Å². The summed E-state index contributed by atoms with van der Waals surface area (Å²) in [6.07, 6.45) is -21.1. The van der Waals surface area contributed by atoms with Crippen LogP contribution in [0.15, 0.2) is 51.7 Å². The van der Waals surface area contributed by atoms with Crippen molar-refractivity contribution in [3.63, 3.8) is 0 Å². The monoisotopic (exact) mass is 622 g/mol. The van der Waals surface area contributed by atoms with Crippen molar-refractivity contribution in [1.82, 2.24) is 0 Å². The zero-order valence-electron chi connectivity index (χ0n) is 22.1. The SMILES string of the molecule is O=C(O)C1OC(Oc2cc3oc(-c4ccccc4)cc(=O)c3c(O)c2OC2OC(C(=O)O)C(O)C(O)C2O)C(O)C(O)C1O. The van der Waals surface area contributed by atoms with E-state index in [2.05, 4.69) is 0 Å². The first-order chi connectivity index (χ1) is 20.8. The third kappa shape index (κ3) is 5.53. The fourth-order valence-electron chi connectivity index (χ4n) is 4.75. The summed E-state index contributed by atoms with van der Waals surface area (Å²) < 4.78 is 27.0. The number of phenols is 1. The normalized spacial score (nSPS) is 32.2. The third-order valence-corrected chi connectivity index (χ3v) is 7.07. The van der Waals surface area contributed by atoms with Gasteiger partial charge in [-0.1, -0.05) is 30.3 Å². The molecule has 0 amide bonds. The van der Waals surface area contributed by atoms with E-state index in [9.17, 15) is 60.3 Å². The molecule has 236 valence electrons. The molecule has 5 rings (SSSR count). The molecule has 44 heavy (non-hydrogen) atoms. The van der Waals surface area contributed by atoms with Gasteiger partial charge in [-0.25, -0.2) is 9.59 Å². The molecule has 2 saturated heterocycles. The number of hydrogen-bond acceptors (Lipinski definition) is 15. The number of rotatable bonds is 7. The van der Waals surface area contributed by atoms with Gasteiger partial charge >= 0.3 is 11.9 Å². The first-order valence-corrected chi connectivity index (χ1v) is 12.9. The van der Waals surface area contributed by atoms with Crippen LogP contribution in [0.4, 0.5) is 0 Å². The van der Waals surface area contributed by atoms with Crippen molar-refractivity contribution in [3.05, 3.63) is 52.7 Å². The second kappa shape index (κ2) is 12.0. The molecule has 0 aliphatic carbocycles. The highest BCUT2D eigenvalue weighted by atomic mass is 16.7. The Labute approximate surface area is 244 Å². The number of carboxylic acids is 2. The second-order valence-electron chi connectivity index (χ2n) is 9.97. The highest BCUT2D eigenvalue weighted by molar-refractivity contribution is 5.89. The molecule has 0 bridgehead atoms. The molecule has 3 heterocycles. The van der Waals surface area contributed by atoms with Gasteiger partial charge in [-0.2, -0.15) is 0 Å². The van der Waals surface area contributed by atoms with Gasteiger partial charge < -0.3 is 69.3 Å². The van der Waals surface area contributed by atoms with Gasteiger partial charge in [0.25, 0.3) is 0 Å². The number of hydrogen-bond donors (Lipinski definition) is 9. The highest BCUT2D eigenvalue weighted by Crippen LogP contribution is 2.45. The van der Waals surface area contributed by atoms with Crippen LogP contribution in [-0.4, -0.2) is 119 Å². The molecule has 9 N–H and O–H groups in total. The van der Waals surface area contributed by atoms with E-state index in [0.717, 1.165) is 12.1 Å². The van der Waals surface area contributed by atoms with Crippen molar-refractivity contribution in [2.45, 2.75) is 61.4 Å². The molecule has 0 saturated carbocycles. The Morgan fingerprint density at radius 2 is 1.23 bits per heavy atom. The lowest BCUT2D eigenvalue weighted by Gasteiger charge is -2.39. The molecule has 0 radical (unpaired) electrons. The van der Waals surface area contributed by atoms with Crippen molar-refractivity contribution in [2.24, 2.45) is 0 Å². The predicted molar refractivity (Wildman–Crippen MR) is 139 cm³/mol. The number of phenolic OH excluding ortho intramolecular Hbond substituents is 1. The second-order valence-corrected chi connectivity index (χ2v) is 9.97. The summed E-state index contributed by atoms with van der Waals surface area (Å²) >= 11 is 0. The van der Waals surface area contributed by atoms with Crippen LogP contribution in [0.2, 0.25) is 0 Å². The summed E-state index contributed by atoms with van der Waals surface area (Å²) in [6.45, 7) is 0. The van der Waals surface area contributed by atoms with Gasteiger partial charge in [-0.05, 0) is 0 Å². The number of aliphatic hydroxyl groups is 6. The van der Waals surface area contributed by atoms with Gasteiger partial charge in [-0.15, -0.1) is 0 Å². The summed E-state index contributed by atoms with van der Waals surface area (Å²) in [5, 5.41) is 90.8. The molecule has 3 aromatic rings. The smallest absolute Gasteiger partial charge is 0.335 e. The first-order valence-electron chi connectivity index (χ1n) is 12.9. The van der Waals surface area contributed by atoms with Gasteiger partial charge in [0, 0.05) is 17.7 Å². The van der Waals surface area contributed by atoms with Gasteiger partial charge in [0.15, 0.2) is 29.1 Å². The van der Waals surface area contributed by atoms with Gasteiger partial charge in [0.1, 0.15) is 53.4 Å². The molecule has 1 aromatic heterocycles. The Hall–Kier alpha value is -4.33. The number of carbonyl (C=O) groups is 2.